The second-order valence-corrected chi connectivity index (χ2v) is 10.5. The summed E-state index contributed by atoms with van der Waals surface area (Å²) in [6.07, 6.45) is 3.59. The molecule has 0 aliphatic carbocycles. The quantitative estimate of drug-likeness (QED) is 0.642. The highest BCUT2D eigenvalue weighted by molar-refractivity contribution is 7.92. The predicted molar refractivity (Wildman–Crippen MR) is 110 cm³/mol. The lowest BCUT2D eigenvalue weighted by atomic mass is 10.1. The Morgan fingerprint density at radius 2 is 1.86 bits per heavy atom. The summed E-state index contributed by atoms with van der Waals surface area (Å²) >= 11 is 6.31. The number of pyridine rings is 2. The maximum Gasteiger partial charge on any atom is 0.252 e. The van der Waals surface area contributed by atoms with Crippen LogP contribution >= 0.6 is 11.6 Å². The average Bonchev–Trinajstić information content (AvgIpc) is 2.61. The van der Waals surface area contributed by atoms with Crippen molar-refractivity contribution in [3.05, 3.63) is 53.2 Å². The monoisotopic (exact) mass is 436 g/mol. The topological polar surface area (TPSA) is 115 Å². The number of primary amides is 1. The SMILES string of the molecule is CC(C)(C)S(=O)(=O)c1cc(Cl)c2ncc(C(N)=O)c(Nc3cncc(F)c3)c2c1. The van der Waals surface area contributed by atoms with Gasteiger partial charge < -0.3 is 11.1 Å². The molecule has 7 nitrogen and oxygen atoms in total. The van der Waals surface area contributed by atoms with E-state index in [9.17, 15) is 17.6 Å². The number of fused-ring (bicyclic) bond motifs is 1. The summed E-state index contributed by atoms with van der Waals surface area (Å²) in [5.41, 5.74) is 6.10. The molecule has 10 heteroatoms. The van der Waals surface area contributed by atoms with Crippen LogP contribution in [0.5, 0.6) is 0 Å². The number of sulfone groups is 1. The number of anilines is 2. The van der Waals surface area contributed by atoms with Gasteiger partial charge in [0.1, 0.15) is 5.82 Å². The van der Waals surface area contributed by atoms with E-state index in [-0.39, 0.29) is 37.8 Å². The lowest BCUT2D eigenvalue weighted by molar-refractivity contribution is 0.100. The second-order valence-electron chi connectivity index (χ2n) is 7.35. The van der Waals surface area contributed by atoms with E-state index >= 15 is 0 Å². The number of aromatic nitrogens is 2. The molecule has 3 aromatic rings. The zero-order valence-electron chi connectivity index (χ0n) is 15.8. The first kappa shape index (κ1) is 20.9. The van der Waals surface area contributed by atoms with Gasteiger partial charge in [-0.3, -0.25) is 14.8 Å². The van der Waals surface area contributed by atoms with Crippen molar-refractivity contribution in [3.63, 3.8) is 0 Å². The van der Waals surface area contributed by atoms with Crippen LogP contribution in [-0.2, 0) is 9.84 Å². The van der Waals surface area contributed by atoms with E-state index in [1.54, 1.807) is 20.8 Å². The molecular formula is C19H18ClFN4O3S. The molecule has 0 unspecified atom stereocenters. The molecular weight excluding hydrogens is 419 g/mol. The Kier molecular flexibility index (Phi) is 5.22. The first-order valence-corrected chi connectivity index (χ1v) is 10.3. The first-order valence-electron chi connectivity index (χ1n) is 8.46. The highest BCUT2D eigenvalue weighted by atomic mass is 35.5. The van der Waals surface area contributed by atoms with Crippen molar-refractivity contribution >= 4 is 49.6 Å². The van der Waals surface area contributed by atoms with Gasteiger partial charge in [0.25, 0.3) is 5.91 Å². The van der Waals surface area contributed by atoms with Gasteiger partial charge in [0.2, 0.25) is 0 Å². The molecule has 0 aliphatic rings. The van der Waals surface area contributed by atoms with Crippen LogP contribution in [-0.4, -0.2) is 29.0 Å². The largest absolute Gasteiger partial charge is 0.365 e. The van der Waals surface area contributed by atoms with Gasteiger partial charge in [0.05, 0.1) is 49.5 Å². The van der Waals surface area contributed by atoms with Crippen LogP contribution in [0.3, 0.4) is 0 Å². The molecule has 1 amide bonds. The summed E-state index contributed by atoms with van der Waals surface area (Å²) in [4.78, 5) is 19.8. The summed E-state index contributed by atoms with van der Waals surface area (Å²) in [5.74, 6) is -1.39. The smallest absolute Gasteiger partial charge is 0.252 e. The number of carbonyl (C=O) groups is 1. The number of carbonyl (C=O) groups excluding carboxylic acids is 1. The van der Waals surface area contributed by atoms with Crippen molar-refractivity contribution in [1.82, 2.24) is 9.97 Å². The van der Waals surface area contributed by atoms with Crippen molar-refractivity contribution in [2.75, 3.05) is 5.32 Å². The molecule has 0 saturated carbocycles. The Hall–Kier alpha value is -2.78. The van der Waals surface area contributed by atoms with Crippen LogP contribution in [0.4, 0.5) is 15.8 Å². The molecule has 3 rings (SSSR count). The second kappa shape index (κ2) is 7.23. The molecule has 0 radical (unpaired) electrons. The Morgan fingerprint density at radius 1 is 1.17 bits per heavy atom. The van der Waals surface area contributed by atoms with E-state index in [1.807, 2.05) is 0 Å². The number of amides is 1. The Balaban J connectivity index is 2.34. The van der Waals surface area contributed by atoms with Crippen LogP contribution in [0.1, 0.15) is 31.1 Å². The number of rotatable bonds is 4. The van der Waals surface area contributed by atoms with Crippen molar-refractivity contribution in [1.29, 1.82) is 0 Å². The van der Waals surface area contributed by atoms with E-state index in [2.05, 4.69) is 15.3 Å². The number of nitrogens with two attached hydrogens (primary N) is 1. The Morgan fingerprint density at radius 3 is 2.45 bits per heavy atom. The van der Waals surface area contributed by atoms with Crippen LogP contribution in [0.15, 0.2) is 41.7 Å². The molecule has 2 aromatic heterocycles. The van der Waals surface area contributed by atoms with Crippen molar-refractivity contribution in [2.24, 2.45) is 5.73 Å². The number of nitrogens with zero attached hydrogens (tertiary/aromatic N) is 2. The highest BCUT2D eigenvalue weighted by Crippen LogP contribution is 2.36. The molecule has 29 heavy (non-hydrogen) atoms. The van der Waals surface area contributed by atoms with E-state index in [1.165, 1.54) is 30.6 Å². The average molecular weight is 437 g/mol. The molecule has 0 aliphatic heterocycles. The van der Waals surface area contributed by atoms with Gasteiger partial charge in [0.15, 0.2) is 9.84 Å². The summed E-state index contributed by atoms with van der Waals surface area (Å²) in [7, 11) is -3.75. The van der Waals surface area contributed by atoms with E-state index < -0.39 is 26.3 Å². The van der Waals surface area contributed by atoms with Crippen LogP contribution in [0.2, 0.25) is 5.02 Å². The van der Waals surface area contributed by atoms with Gasteiger partial charge in [0, 0.05) is 17.6 Å². The molecule has 0 bridgehead atoms. The van der Waals surface area contributed by atoms with Crippen LogP contribution < -0.4 is 11.1 Å². The molecule has 152 valence electrons. The standard InChI is InChI=1S/C19H18ClFN4O3S/c1-19(2,3)29(27,28)12-5-13-16(25-11-4-10(21)7-23-8-11)14(18(22)26)9-24-17(13)15(20)6-12/h4-9H,1-3H3,(H2,22,26)(H,24,25). The Labute approximate surface area is 172 Å². The van der Waals surface area contributed by atoms with Crippen molar-refractivity contribution in [3.8, 4) is 0 Å². The van der Waals surface area contributed by atoms with Crippen LogP contribution in [0, 0.1) is 5.82 Å². The summed E-state index contributed by atoms with van der Waals surface area (Å²) in [5, 5.41) is 3.22. The summed E-state index contributed by atoms with van der Waals surface area (Å²) < 4.78 is 38.3. The third kappa shape index (κ3) is 3.88. The number of halogens is 2. The van der Waals surface area contributed by atoms with E-state index in [0.717, 1.165) is 6.20 Å². The van der Waals surface area contributed by atoms with E-state index in [4.69, 9.17) is 17.3 Å². The maximum absolute atomic E-state index is 13.6. The predicted octanol–water partition coefficient (Wildman–Crippen LogP) is 3.84. The number of hydrogen-bond donors (Lipinski definition) is 2. The molecule has 0 atom stereocenters. The van der Waals surface area contributed by atoms with E-state index in [0.29, 0.717) is 0 Å². The summed E-state index contributed by atoms with van der Waals surface area (Å²) in [6.45, 7) is 4.70. The minimum Gasteiger partial charge on any atom is -0.365 e. The number of benzene rings is 1. The van der Waals surface area contributed by atoms with Gasteiger partial charge in [-0.05, 0) is 32.9 Å². The zero-order chi connectivity index (χ0) is 21.6. The fourth-order valence-corrected chi connectivity index (χ4v) is 4.28. The van der Waals surface area contributed by atoms with Crippen LogP contribution in [0.25, 0.3) is 10.9 Å². The van der Waals surface area contributed by atoms with Gasteiger partial charge >= 0.3 is 0 Å². The highest BCUT2D eigenvalue weighted by Gasteiger charge is 2.32. The lowest BCUT2D eigenvalue weighted by Crippen LogP contribution is -2.28. The Bertz CT molecular complexity index is 1240. The molecule has 2 heterocycles. The van der Waals surface area contributed by atoms with Gasteiger partial charge in [-0.25, -0.2) is 12.8 Å². The molecule has 0 spiro atoms. The first-order chi connectivity index (χ1) is 13.4. The fraction of sp³-hybridized carbons (Fsp3) is 0.211. The zero-order valence-corrected chi connectivity index (χ0v) is 17.4. The normalized spacial score (nSPS) is 12.2. The fourth-order valence-electron chi connectivity index (χ4n) is 2.69. The summed E-state index contributed by atoms with van der Waals surface area (Å²) in [6, 6.07) is 3.85. The lowest BCUT2D eigenvalue weighted by Gasteiger charge is -2.21. The molecule has 1 aromatic carbocycles. The van der Waals surface area contributed by atoms with Gasteiger partial charge in [-0.1, -0.05) is 11.6 Å². The number of hydrogen-bond acceptors (Lipinski definition) is 6. The van der Waals surface area contributed by atoms with Crippen molar-refractivity contribution < 1.29 is 17.6 Å². The van der Waals surface area contributed by atoms with Crippen molar-refractivity contribution in [2.45, 2.75) is 30.4 Å². The third-order valence-corrected chi connectivity index (χ3v) is 7.01. The molecule has 0 fully saturated rings. The minimum atomic E-state index is -3.75. The number of nitrogens with one attached hydrogen (secondary N) is 1. The third-order valence-electron chi connectivity index (χ3n) is 4.25. The minimum absolute atomic E-state index is 0.0110. The van der Waals surface area contributed by atoms with Gasteiger partial charge in [-0.2, -0.15) is 0 Å². The molecule has 3 N–H and O–H groups in total. The molecule has 0 saturated heterocycles. The van der Waals surface area contributed by atoms with Gasteiger partial charge in [-0.15, -0.1) is 0 Å². The maximum atomic E-state index is 13.6.